The molecule has 2 unspecified atom stereocenters. The van der Waals surface area contributed by atoms with Crippen molar-refractivity contribution in [1.82, 2.24) is 10.2 Å². The molecule has 0 aromatic rings. The number of hydrogen-bond donors (Lipinski definition) is 1. The minimum absolute atomic E-state index is 0.569. The van der Waals surface area contributed by atoms with E-state index in [0.29, 0.717) is 12.1 Å². The summed E-state index contributed by atoms with van der Waals surface area (Å²) < 4.78 is 5.62. The summed E-state index contributed by atoms with van der Waals surface area (Å²) in [4.78, 5) is 2.52. The SMILES string of the molecule is CNC1CCOCC1N(C)CC1CCCC1. The molecule has 0 spiro atoms. The van der Waals surface area contributed by atoms with Gasteiger partial charge in [-0.25, -0.2) is 0 Å². The van der Waals surface area contributed by atoms with Crippen LogP contribution in [0.15, 0.2) is 0 Å². The van der Waals surface area contributed by atoms with Gasteiger partial charge >= 0.3 is 0 Å². The smallest absolute Gasteiger partial charge is 0.0636 e. The lowest BCUT2D eigenvalue weighted by atomic mass is 10.00. The molecule has 1 saturated heterocycles. The summed E-state index contributed by atoms with van der Waals surface area (Å²) >= 11 is 0. The van der Waals surface area contributed by atoms with E-state index < -0.39 is 0 Å². The molecule has 2 rings (SSSR count). The first kappa shape index (κ1) is 12.3. The van der Waals surface area contributed by atoms with Crippen molar-refractivity contribution in [2.45, 2.75) is 44.2 Å². The van der Waals surface area contributed by atoms with Crippen molar-refractivity contribution in [3.8, 4) is 0 Å². The Balaban J connectivity index is 1.83. The number of nitrogens with one attached hydrogen (secondary N) is 1. The van der Waals surface area contributed by atoms with E-state index in [1.807, 2.05) is 0 Å². The minimum Gasteiger partial charge on any atom is -0.380 e. The van der Waals surface area contributed by atoms with Gasteiger partial charge in [0.15, 0.2) is 0 Å². The molecule has 94 valence electrons. The van der Waals surface area contributed by atoms with Crippen LogP contribution < -0.4 is 5.32 Å². The van der Waals surface area contributed by atoms with Gasteiger partial charge in [-0.15, -0.1) is 0 Å². The number of rotatable bonds is 4. The van der Waals surface area contributed by atoms with E-state index in [-0.39, 0.29) is 0 Å². The van der Waals surface area contributed by atoms with E-state index in [2.05, 4.69) is 24.3 Å². The third-order valence-corrected chi connectivity index (χ3v) is 4.28. The molecule has 3 nitrogen and oxygen atoms in total. The van der Waals surface area contributed by atoms with E-state index in [9.17, 15) is 0 Å². The summed E-state index contributed by atoms with van der Waals surface area (Å²) in [5.41, 5.74) is 0. The van der Waals surface area contributed by atoms with Crippen LogP contribution in [-0.4, -0.2) is 50.8 Å². The number of ether oxygens (including phenoxy) is 1. The summed E-state index contributed by atoms with van der Waals surface area (Å²) in [6, 6.07) is 1.18. The maximum atomic E-state index is 5.62. The molecule has 2 atom stereocenters. The van der Waals surface area contributed by atoms with Gasteiger partial charge < -0.3 is 10.1 Å². The Bertz CT molecular complexity index is 204. The van der Waals surface area contributed by atoms with Crippen molar-refractivity contribution in [3.05, 3.63) is 0 Å². The minimum atomic E-state index is 0.569. The van der Waals surface area contributed by atoms with Gasteiger partial charge in [0.1, 0.15) is 0 Å². The average Bonchev–Trinajstić information content (AvgIpc) is 2.81. The van der Waals surface area contributed by atoms with Gasteiger partial charge in [0.25, 0.3) is 0 Å². The fraction of sp³-hybridized carbons (Fsp3) is 1.00. The van der Waals surface area contributed by atoms with Crippen molar-refractivity contribution in [3.63, 3.8) is 0 Å². The second kappa shape index (κ2) is 5.99. The molecule has 0 aromatic heterocycles. The summed E-state index contributed by atoms with van der Waals surface area (Å²) in [7, 11) is 4.34. The lowest BCUT2D eigenvalue weighted by Crippen LogP contribution is -2.54. The van der Waals surface area contributed by atoms with E-state index >= 15 is 0 Å². The van der Waals surface area contributed by atoms with Gasteiger partial charge in [-0.2, -0.15) is 0 Å². The zero-order valence-electron chi connectivity index (χ0n) is 10.7. The molecule has 1 heterocycles. The lowest BCUT2D eigenvalue weighted by molar-refractivity contribution is 0.00347. The third-order valence-electron chi connectivity index (χ3n) is 4.28. The standard InChI is InChI=1S/C13H26N2O/c1-14-12-7-8-16-10-13(12)15(2)9-11-5-3-4-6-11/h11-14H,3-10H2,1-2H3. The van der Waals surface area contributed by atoms with Crippen LogP contribution in [0.2, 0.25) is 0 Å². The van der Waals surface area contributed by atoms with Gasteiger partial charge in [0, 0.05) is 25.2 Å². The molecule has 2 fully saturated rings. The number of hydrogen-bond acceptors (Lipinski definition) is 3. The molecular weight excluding hydrogens is 200 g/mol. The highest BCUT2D eigenvalue weighted by molar-refractivity contribution is 4.86. The second-order valence-electron chi connectivity index (χ2n) is 5.42. The highest BCUT2D eigenvalue weighted by atomic mass is 16.5. The quantitative estimate of drug-likeness (QED) is 0.786. The van der Waals surface area contributed by atoms with Crippen LogP contribution in [0.25, 0.3) is 0 Å². The monoisotopic (exact) mass is 226 g/mol. The van der Waals surface area contributed by atoms with E-state index in [1.54, 1.807) is 0 Å². The first-order valence-electron chi connectivity index (χ1n) is 6.76. The topological polar surface area (TPSA) is 24.5 Å². The molecule has 1 aliphatic carbocycles. The fourth-order valence-electron chi connectivity index (χ4n) is 3.23. The largest absolute Gasteiger partial charge is 0.380 e. The van der Waals surface area contributed by atoms with Crippen molar-refractivity contribution < 1.29 is 4.74 Å². The normalized spacial score (nSPS) is 32.4. The Morgan fingerprint density at radius 3 is 2.69 bits per heavy atom. The summed E-state index contributed by atoms with van der Waals surface area (Å²) in [6.07, 6.45) is 6.89. The van der Waals surface area contributed by atoms with Gasteiger partial charge in [-0.1, -0.05) is 12.8 Å². The Hall–Kier alpha value is -0.120. The third kappa shape index (κ3) is 2.96. The molecule has 3 heteroatoms. The first-order chi connectivity index (χ1) is 7.81. The summed E-state index contributed by atoms with van der Waals surface area (Å²) in [5, 5.41) is 3.44. The molecule has 0 amide bonds. The predicted molar refractivity (Wildman–Crippen MR) is 66.7 cm³/mol. The lowest BCUT2D eigenvalue weighted by Gasteiger charge is -2.38. The van der Waals surface area contributed by atoms with Gasteiger partial charge in [0.2, 0.25) is 0 Å². The zero-order valence-corrected chi connectivity index (χ0v) is 10.7. The van der Waals surface area contributed by atoms with Crippen molar-refractivity contribution in [1.29, 1.82) is 0 Å². The summed E-state index contributed by atoms with van der Waals surface area (Å²) in [5.74, 6) is 0.935. The Morgan fingerprint density at radius 1 is 1.25 bits per heavy atom. The van der Waals surface area contributed by atoms with Crippen molar-refractivity contribution >= 4 is 0 Å². The van der Waals surface area contributed by atoms with Crippen molar-refractivity contribution in [2.24, 2.45) is 5.92 Å². The highest BCUT2D eigenvalue weighted by Crippen LogP contribution is 2.26. The zero-order chi connectivity index (χ0) is 11.4. The molecule has 0 bridgehead atoms. The van der Waals surface area contributed by atoms with Crippen molar-refractivity contribution in [2.75, 3.05) is 33.9 Å². The molecule has 1 aliphatic heterocycles. The molecule has 1 saturated carbocycles. The van der Waals surface area contributed by atoms with Gasteiger partial charge in [0.05, 0.1) is 6.61 Å². The van der Waals surface area contributed by atoms with Crippen LogP contribution in [-0.2, 0) is 4.74 Å². The molecule has 16 heavy (non-hydrogen) atoms. The molecule has 2 aliphatic rings. The molecule has 1 N–H and O–H groups in total. The molecule has 0 aromatic carbocycles. The van der Waals surface area contributed by atoms with Crippen LogP contribution in [0.4, 0.5) is 0 Å². The van der Waals surface area contributed by atoms with E-state index in [4.69, 9.17) is 4.74 Å². The van der Waals surface area contributed by atoms with Crippen LogP contribution in [0.5, 0.6) is 0 Å². The Morgan fingerprint density at radius 2 is 2.00 bits per heavy atom. The van der Waals surface area contributed by atoms with Gasteiger partial charge in [-0.05, 0) is 39.3 Å². The number of likely N-dealkylation sites (N-methyl/N-ethyl adjacent to an activating group) is 2. The fourth-order valence-corrected chi connectivity index (χ4v) is 3.23. The molecule has 0 radical (unpaired) electrons. The second-order valence-corrected chi connectivity index (χ2v) is 5.42. The van der Waals surface area contributed by atoms with E-state index in [1.165, 1.54) is 32.2 Å². The maximum absolute atomic E-state index is 5.62. The summed E-state index contributed by atoms with van der Waals surface area (Å²) in [6.45, 7) is 3.07. The van der Waals surface area contributed by atoms with Crippen LogP contribution in [0, 0.1) is 5.92 Å². The highest BCUT2D eigenvalue weighted by Gasteiger charge is 2.29. The van der Waals surface area contributed by atoms with Gasteiger partial charge in [-0.3, -0.25) is 4.90 Å². The number of nitrogens with zero attached hydrogens (tertiary/aromatic N) is 1. The van der Waals surface area contributed by atoms with Crippen LogP contribution in [0.3, 0.4) is 0 Å². The predicted octanol–water partition coefficient (Wildman–Crippen LogP) is 1.49. The first-order valence-corrected chi connectivity index (χ1v) is 6.76. The van der Waals surface area contributed by atoms with Crippen LogP contribution in [0.1, 0.15) is 32.1 Å². The van der Waals surface area contributed by atoms with Crippen LogP contribution >= 0.6 is 0 Å². The Labute approximate surface area is 99.5 Å². The molecular formula is C13H26N2O. The maximum Gasteiger partial charge on any atom is 0.0636 e. The van der Waals surface area contributed by atoms with E-state index in [0.717, 1.165) is 25.6 Å². The average molecular weight is 226 g/mol. The Kier molecular flexibility index (Phi) is 4.62.